The van der Waals surface area contributed by atoms with Crippen molar-refractivity contribution in [2.45, 2.75) is 6.92 Å². The van der Waals surface area contributed by atoms with Crippen molar-refractivity contribution in [1.82, 2.24) is 0 Å². The van der Waals surface area contributed by atoms with Gasteiger partial charge >= 0.3 is 43.5 Å². The summed E-state index contributed by atoms with van der Waals surface area (Å²) in [7, 11) is 0. The molecule has 8 heavy (non-hydrogen) atoms. The van der Waals surface area contributed by atoms with Crippen LogP contribution in [0.2, 0.25) is 0 Å². The molecule has 0 unspecified atom stereocenters. The second kappa shape index (κ2) is 4.31. The Kier molecular flexibility index (Phi) is 4.53. The first-order valence-electron chi connectivity index (χ1n) is 2.41. The smallest absolute Gasteiger partial charge is 0 e. The predicted molar refractivity (Wildman–Crippen MR) is 38.3 cm³/mol. The molecule has 0 aliphatic carbocycles. The van der Waals surface area contributed by atoms with E-state index in [9.17, 15) is 0 Å². The van der Waals surface area contributed by atoms with E-state index in [0.717, 1.165) is 0 Å². The summed E-state index contributed by atoms with van der Waals surface area (Å²) in [6, 6.07) is 6.14. The summed E-state index contributed by atoms with van der Waals surface area (Å²) >= 11 is 0. The zero-order valence-corrected chi connectivity index (χ0v) is 7.39. The molecular formula is C6H7BNa. The maximum absolute atomic E-state index is 2.08. The Balaban J connectivity index is 0.000000490. The van der Waals surface area contributed by atoms with Crippen LogP contribution in [0.15, 0.2) is 24.2 Å². The molecule has 0 nitrogen and oxygen atoms in total. The fraction of sp³-hybridized carbons (Fsp3) is 0.167. The third kappa shape index (κ3) is 2.66. The van der Waals surface area contributed by atoms with Gasteiger partial charge in [0.05, 0.1) is 0 Å². The maximum Gasteiger partial charge on any atom is 0 e. The summed E-state index contributed by atoms with van der Waals surface area (Å²) in [6.45, 7) is 4.17. The minimum Gasteiger partial charge on any atom is 0 e. The summed E-state index contributed by atoms with van der Waals surface area (Å²) in [5.41, 5.74) is 1.32. The van der Waals surface area contributed by atoms with Crippen LogP contribution in [0.5, 0.6) is 0 Å². The molecule has 0 bridgehead atoms. The average molecular weight is 113 g/mol. The summed E-state index contributed by atoms with van der Waals surface area (Å²) < 4.78 is 0. The van der Waals surface area contributed by atoms with Crippen molar-refractivity contribution in [3.8, 4) is 0 Å². The fourth-order valence-electron chi connectivity index (χ4n) is 0.534. The number of aryl methyl sites for hydroxylation is 1. The third-order valence-electron chi connectivity index (χ3n) is 0.940. The first kappa shape index (κ1) is 8.41. The van der Waals surface area contributed by atoms with E-state index >= 15 is 0 Å². The van der Waals surface area contributed by atoms with Crippen LogP contribution in [0.1, 0.15) is 5.46 Å². The van der Waals surface area contributed by atoms with Crippen molar-refractivity contribution in [3.63, 3.8) is 0 Å². The number of rotatable bonds is 0. The molecule has 1 heterocycles. The van der Waals surface area contributed by atoms with Gasteiger partial charge in [-0.25, -0.2) is 0 Å². The van der Waals surface area contributed by atoms with Gasteiger partial charge < -0.3 is 0 Å². The summed E-state index contributed by atoms with van der Waals surface area (Å²) in [5.74, 6) is 2.04. The predicted octanol–water partition coefficient (Wildman–Crippen LogP) is 0.952. The van der Waals surface area contributed by atoms with Gasteiger partial charge in [-0.15, -0.1) is 0 Å². The van der Waals surface area contributed by atoms with Gasteiger partial charge in [-0.3, -0.25) is 0 Å². The molecule has 0 N–H and O–H groups in total. The van der Waals surface area contributed by atoms with Crippen molar-refractivity contribution in [3.05, 3.63) is 29.6 Å². The zero-order valence-electron chi connectivity index (χ0n) is 5.39. The average Bonchev–Trinajstić information content (AvgIpc) is 1.69. The van der Waals surface area contributed by atoms with Crippen molar-refractivity contribution in [1.29, 1.82) is 0 Å². The maximum atomic E-state index is 2.08. The van der Waals surface area contributed by atoms with E-state index in [2.05, 4.69) is 19.9 Å². The molecule has 1 radical (unpaired) electrons. The topological polar surface area (TPSA) is 0 Å². The van der Waals surface area contributed by atoms with Crippen LogP contribution >= 0.6 is 0 Å². The van der Waals surface area contributed by atoms with Crippen LogP contribution in [0.25, 0.3) is 0 Å². The molecule has 1 aromatic heterocycles. The molecule has 0 atom stereocenters. The molecule has 0 aliphatic rings. The molecule has 2 heteroatoms. The van der Waals surface area contributed by atoms with Gasteiger partial charge in [0.25, 0.3) is 0 Å². The standard InChI is InChI=1S/C6H7B.Na/c1-6-4-2-3-5-7-6;/h2-5H,1H3;. The Labute approximate surface area is 72.8 Å². The molecule has 0 saturated carbocycles. The van der Waals surface area contributed by atoms with Crippen LogP contribution in [0.3, 0.4) is 0 Å². The van der Waals surface area contributed by atoms with Gasteiger partial charge in [0.2, 0.25) is 0 Å². The Bertz CT molecular complexity index is 138. The summed E-state index contributed by atoms with van der Waals surface area (Å²) in [4.78, 5) is 0. The summed E-state index contributed by atoms with van der Waals surface area (Å²) in [6.07, 6.45) is 0. The molecule has 35 valence electrons. The first-order valence-corrected chi connectivity index (χ1v) is 2.41. The number of hydrogen-bond acceptors (Lipinski definition) is 0. The van der Waals surface area contributed by atoms with Gasteiger partial charge in [-0.2, -0.15) is 0 Å². The van der Waals surface area contributed by atoms with Gasteiger partial charge in [0, 0.05) is 29.6 Å². The van der Waals surface area contributed by atoms with E-state index in [4.69, 9.17) is 0 Å². The van der Waals surface area contributed by atoms with E-state index in [1.165, 1.54) is 5.46 Å². The molecule has 0 saturated heterocycles. The van der Waals surface area contributed by atoms with Gasteiger partial charge in [-0.05, 0) is 0 Å². The quantitative estimate of drug-likeness (QED) is 0.439. The van der Waals surface area contributed by atoms with Crippen molar-refractivity contribution < 1.29 is 0 Å². The van der Waals surface area contributed by atoms with E-state index in [-0.39, 0.29) is 29.6 Å². The molecule has 1 rings (SSSR count). The van der Waals surface area contributed by atoms with E-state index in [1.54, 1.807) is 0 Å². The number of hydrogen-bond donors (Lipinski definition) is 0. The molecular weight excluding hydrogens is 106 g/mol. The molecule has 0 spiro atoms. The monoisotopic (exact) mass is 113 g/mol. The van der Waals surface area contributed by atoms with Crippen LogP contribution in [0, 0.1) is 6.92 Å². The Morgan fingerprint density at radius 1 is 1.38 bits per heavy atom. The second-order valence-corrected chi connectivity index (χ2v) is 1.65. The van der Waals surface area contributed by atoms with Crippen LogP contribution in [-0.2, 0) is 0 Å². The minimum atomic E-state index is 0. The van der Waals surface area contributed by atoms with Crippen molar-refractivity contribution >= 4 is 36.5 Å². The molecule has 0 aliphatic heterocycles. The SMILES string of the molecule is Cc1bcccc1.[Na]. The third-order valence-corrected chi connectivity index (χ3v) is 0.940. The fourth-order valence-corrected chi connectivity index (χ4v) is 0.534. The van der Waals surface area contributed by atoms with Crippen molar-refractivity contribution in [2.24, 2.45) is 0 Å². The summed E-state index contributed by atoms with van der Waals surface area (Å²) in [5, 5.41) is 0. The molecule has 0 fully saturated rings. The minimum absolute atomic E-state index is 0. The van der Waals surface area contributed by atoms with Gasteiger partial charge in [-0.1, -0.05) is 0 Å². The van der Waals surface area contributed by atoms with Gasteiger partial charge in [0.15, 0.2) is 0 Å². The zero-order chi connectivity index (χ0) is 5.11. The van der Waals surface area contributed by atoms with Crippen LogP contribution in [-0.4, -0.2) is 36.5 Å². The Morgan fingerprint density at radius 3 is 2.38 bits per heavy atom. The molecule has 0 aromatic carbocycles. The van der Waals surface area contributed by atoms with E-state index in [1.807, 2.05) is 18.1 Å². The van der Waals surface area contributed by atoms with Crippen LogP contribution < -0.4 is 0 Å². The second-order valence-electron chi connectivity index (χ2n) is 1.65. The largest absolute Gasteiger partial charge is 0 e. The van der Waals surface area contributed by atoms with Crippen molar-refractivity contribution in [2.75, 3.05) is 0 Å². The van der Waals surface area contributed by atoms with Crippen LogP contribution in [0.4, 0.5) is 0 Å². The first-order chi connectivity index (χ1) is 3.39. The van der Waals surface area contributed by atoms with E-state index < -0.39 is 0 Å². The van der Waals surface area contributed by atoms with Gasteiger partial charge in [0.1, 0.15) is 0 Å². The molecule has 1 aromatic rings. The molecule has 0 amide bonds. The normalized spacial score (nSPS) is 7.12. The Hall–Kier alpha value is 0.415. The van der Waals surface area contributed by atoms with E-state index in [0.29, 0.717) is 0 Å². The Morgan fingerprint density at radius 2 is 2.12 bits per heavy atom.